The molecule has 0 aliphatic heterocycles. The first kappa shape index (κ1) is 9.58. The number of hydrogen-bond acceptors (Lipinski definition) is 0. The van der Waals surface area contributed by atoms with Gasteiger partial charge in [-0.1, -0.05) is 0 Å². The maximum absolute atomic E-state index is 12.3. The van der Waals surface area contributed by atoms with Gasteiger partial charge in [0.15, 0.2) is 0 Å². The first-order valence-electron chi connectivity index (χ1n) is 3.81. The summed E-state index contributed by atoms with van der Waals surface area (Å²) in [7, 11) is 0. The molecule has 2 rings (SSSR count). The number of hydrogen-bond donors (Lipinski definition) is 0. The summed E-state index contributed by atoms with van der Waals surface area (Å²) in [6.07, 6.45) is -1.62. The molecule has 0 saturated heterocycles. The number of nitrogens with zero attached hydrogens (tertiary/aromatic N) is 1. The summed E-state index contributed by atoms with van der Waals surface area (Å²) in [4.78, 5) is 0. The van der Waals surface area contributed by atoms with Crippen LogP contribution in [0.4, 0.5) is 13.2 Å². The second-order valence-corrected chi connectivity index (χ2v) is 3.82. The van der Waals surface area contributed by atoms with Crippen LogP contribution in [0.2, 0.25) is 0 Å². The first-order chi connectivity index (χ1) is 6.47. The molecule has 74 valence electrons. The molecule has 2 aromatic heterocycles. The molecule has 14 heavy (non-hydrogen) atoms. The Morgan fingerprint density at radius 2 is 1.86 bits per heavy atom. The second kappa shape index (κ2) is 3.02. The smallest absolute Gasteiger partial charge is 0.322 e. The normalized spacial score (nSPS) is 12.3. The van der Waals surface area contributed by atoms with Gasteiger partial charge in [-0.15, -0.1) is 0 Å². The van der Waals surface area contributed by atoms with Crippen LogP contribution in [0.25, 0.3) is 5.52 Å². The molecule has 0 fully saturated rings. The third-order valence-electron chi connectivity index (χ3n) is 1.88. The van der Waals surface area contributed by atoms with Gasteiger partial charge in [0, 0.05) is 22.4 Å². The molecule has 2 aromatic rings. The van der Waals surface area contributed by atoms with Gasteiger partial charge in [-0.3, -0.25) is 0 Å². The molecular formula is C9H5BrF3N. The lowest BCUT2D eigenvalue weighted by atomic mass is 10.3. The molecule has 0 aromatic carbocycles. The van der Waals surface area contributed by atoms with E-state index in [1.54, 1.807) is 18.3 Å². The Hall–Kier alpha value is -0.970. The minimum atomic E-state index is -4.28. The Morgan fingerprint density at radius 3 is 2.50 bits per heavy atom. The van der Waals surface area contributed by atoms with Crippen LogP contribution >= 0.6 is 15.9 Å². The summed E-state index contributed by atoms with van der Waals surface area (Å²) in [5.74, 6) is 0. The summed E-state index contributed by atoms with van der Waals surface area (Å²) >= 11 is 3.19. The van der Waals surface area contributed by atoms with E-state index < -0.39 is 11.7 Å². The molecule has 0 amide bonds. The summed E-state index contributed by atoms with van der Waals surface area (Å²) in [5, 5.41) is 0. The van der Waals surface area contributed by atoms with Gasteiger partial charge in [0.2, 0.25) is 0 Å². The van der Waals surface area contributed by atoms with Gasteiger partial charge in [0.25, 0.3) is 0 Å². The van der Waals surface area contributed by atoms with Crippen LogP contribution in [-0.4, -0.2) is 4.40 Å². The molecule has 0 radical (unpaired) electrons. The zero-order chi connectivity index (χ0) is 10.3. The van der Waals surface area contributed by atoms with Crippen LogP contribution in [0.15, 0.2) is 35.1 Å². The fourth-order valence-corrected chi connectivity index (χ4v) is 1.59. The third kappa shape index (κ3) is 1.64. The zero-order valence-corrected chi connectivity index (χ0v) is 8.43. The number of rotatable bonds is 0. The molecule has 0 atom stereocenters. The van der Waals surface area contributed by atoms with Gasteiger partial charge in [-0.25, -0.2) is 0 Å². The number of pyridine rings is 1. The molecule has 0 aliphatic rings. The molecule has 0 aliphatic carbocycles. The van der Waals surface area contributed by atoms with E-state index in [1.807, 2.05) is 0 Å². The van der Waals surface area contributed by atoms with E-state index in [9.17, 15) is 13.2 Å². The largest absolute Gasteiger partial charge is 0.417 e. The lowest BCUT2D eigenvalue weighted by molar-refractivity contribution is -0.137. The molecule has 5 heteroatoms. The third-order valence-corrected chi connectivity index (χ3v) is 2.35. The highest BCUT2D eigenvalue weighted by molar-refractivity contribution is 9.10. The lowest BCUT2D eigenvalue weighted by Gasteiger charge is -2.00. The molecule has 0 unspecified atom stereocenters. The highest BCUT2D eigenvalue weighted by atomic mass is 79.9. The van der Waals surface area contributed by atoms with Crippen molar-refractivity contribution >= 4 is 21.4 Å². The molecule has 0 bridgehead atoms. The SMILES string of the molecule is FC(F)(F)c1cc2ccc(Br)cn2c1. The van der Waals surface area contributed by atoms with E-state index in [1.165, 1.54) is 4.40 Å². The Kier molecular flexibility index (Phi) is 2.06. The van der Waals surface area contributed by atoms with E-state index >= 15 is 0 Å². The fraction of sp³-hybridized carbons (Fsp3) is 0.111. The van der Waals surface area contributed by atoms with Gasteiger partial charge in [0.1, 0.15) is 0 Å². The van der Waals surface area contributed by atoms with Crippen LogP contribution in [0.3, 0.4) is 0 Å². The van der Waals surface area contributed by atoms with Gasteiger partial charge >= 0.3 is 6.18 Å². The van der Waals surface area contributed by atoms with Crippen LogP contribution in [0.1, 0.15) is 5.56 Å². The quantitative estimate of drug-likeness (QED) is 0.683. The Balaban J connectivity index is 2.63. The highest BCUT2D eigenvalue weighted by Gasteiger charge is 2.31. The Morgan fingerprint density at radius 1 is 1.14 bits per heavy atom. The Labute approximate surface area is 86.3 Å². The average molecular weight is 264 g/mol. The van der Waals surface area contributed by atoms with Crippen molar-refractivity contribution in [3.63, 3.8) is 0 Å². The summed E-state index contributed by atoms with van der Waals surface area (Å²) in [6, 6.07) is 4.45. The summed E-state index contributed by atoms with van der Waals surface area (Å²) in [5.41, 5.74) is -0.101. The van der Waals surface area contributed by atoms with Crippen LogP contribution < -0.4 is 0 Å². The van der Waals surface area contributed by atoms with Gasteiger partial charge < -0.3 is 4.40 Å². The predicted molar refractivity (Wildman–Crippen MR) is 50.1 cm³/mol. The van der Waals surface area contributed by atoms with Crippen LogP contribution in [0, 0.1) is 0 Å². The highest BCUT2D eigenvalue weighted by Crippen LogP contribution is 2.31. The predicted octanol–water partition coefficient (Wildman–Crippen LogP) is 3.72. The molecule has 1 nitrogen and oxygen atoms in total. The minimum Gasteiger partial charge on any atom is -0.322 e. The van der Waals surface area contributed by atoms with E-state index in [0.717, 1.165) is 16.7 Å². The molecule has 0 spiro atoms. The van der Waals surface area contributed by atoms with Crippen molar-refractivity contribution < 1.29 is 13.2 Å². The van der Waals surface area contributed by atoms with Crippen molar-refractivity contribution in [3.05, 3.63) is 40.6 Å². The van der Waals surface area contributed by atoms with Crippen molar-refractivity contribution in [1.29, 1.82) is 0 Å². The average Bonchev–Trinajstić information content (AvgIpc) is 2.45. The maximum atomic E-state index is 12.3. The second-order valence-electron chi connectivity index (χ2n) is 2.91. The van der Waals surface area contributed by atoms with Gasteiger partial charge in [0.05, 0.1) is 5.56 Å². The number of alkyl halides is 3. The van der Waals surface area contributed by atoms with Crippen molar-refractivity contribution in [2.45, 2.75) is 6.18 Å². The van der Waals surface area contributed by atoms with Crippen molar-refractivity contribution in [3.8, 4) is 0 Å². The van der Waals surface area contributed by atoms with E-state index in [4.69, 9.17) is 0 Å². The van der Waals surface area contributed by atoms with Crippen molar-refractivity contribution in [1.82, 2.24) is 4.40 Å². The van der Waals surface area contributed by atoms with Crippen molar-refractivity contribution in [2.75, 3.05) is 0 Å². The van der Waals surface area contributed by atoms with Crippen LogP contribution in [-0.2, 0) is 6.18 Å². The Bertz CT molecular complexity index is 472. The first-order valence-corrected chi connectivity index (χ1v) is 4.60. The maximum Gasteiger partial charge on any atom is 0.417 e. The molecule has 2 heterocycles. The molecule has 0 saturated carbocycles. The van der Waals surface area contributed by atoms with E-state index in [-0.39, 0.29) is 0 Å². The number of aromatic nitrogens is 1. The zero-order valence-electron chi connectivity index (χ0n) is 6.85. The minimum absolute atomic E-state index is 0.528. The van der Waals surface area contributed by atoms with Crippen LogP contribution in [0.5, 0.6) is 0 Å². The summed E-state index contributed by atoms with van der Waals surface area (Å²) in [6.45, 7) is 0. The van der Waals surface area contributed by atoms with E-state index in [2.05, 4.69) is 15.9 Å². The van der Waals surface area contributed by atoms with Gasteiger partial charge in [-0.2, -0.15) is 13.2 Å². The number of fused-ring (bicyclic) bond motifs is 1. The molecule has 0 N–H and O–H groups in total. The number of halogens is 4. The fourth-order valence-electron chi connectivity index (χ4n) is 1.24. The summed E-state index contributed by atoms with van der Waals surface area (Å²) < 4.78 is 39.1. The molecular weight excluding hydrogens is 259 g/mol. The topological polar surface area (TPSA) is 4.41 Å². The monoisotopic (exact) mass is 263 g/mol. The van der Waals surface area contributed by atoms with E-state index in [0.29, 0.717) is 5.52 Å². The van der Waals surface area contributed by atoms with Crippen molar-refractivity contribution in [2.24, 2.45) is 0 Å². The standard InChI is InChI=1S/C9H5BrF3N/c10-7-1-2-8-3-6(9(11,12)13)4-14(8)5-7/h1-5H. The van der Waals surface area contributed by atoms with Gasteiger partial charge in [-0.05, 0) is 34.1 Å². The lowest BCUT2D eigenvalue weighted by Crippen LogP contribution is -2.02.